The van der Waals surface area contributed by atoms with Crippen molar-refractivity contribution in [1.29, 1.82) is 0 Å². The van der Waals surface area contributed by atoms with Gasteiger partial charge in [-0.3, -0.25) is 9.79 Å². The molecule has 0 aromatic rings. The lowest BCUT2D eigenvalue weighted by Crippen LogP contribution is -2.33. The van der Waals surface area contributed by atoms with Gasteiger partial charge in [-0.2, -0.15) is 0 Å². The van der Waals surface area contributed by atoms with Crippen LogP contribution in [0.3, 0.4) is 0 Å². The summed E-state index contributed by atoms with van der Waals surface area (Å²) in [5.74, 6) is -0.297. The zero-order valence-corrected chi connectivity index (χ0v) is 9.59. The quantitative estimate of drug-likeness (QED) is 0.400. The summed E-state index contributed by atoms with van der Waals surface area (Å²) in [5, 5.41) is 0. The van der Waals surface area contributed by atoms with E-state index < -0.39 is 0 Å². The van der Waals surface area contributed by atoms with Crippen LogP contribution in [0.15, 0.2) is 29.3 Å². The van der Waals surface area contributed by atoms with Crippen molar-refractivity contribution < 1.29 is 9.59 Å². The second kappa shape index (κ2) is 5.39. The van der Waals surface area contributed by atoms with Gasteiger partial charge in [0.2, 0.25) is 5.91 Å². The van der Waals surface area contributed by atoms with Crippen molar-refractivity contribution in [2.24, 2.45) is 10.9 Å². The third-order valence-electron chi connectivity index (χ3n) is 2.73. The Kier molecular flexibility index (Phi) is 4.17. The zero-order valence-electron chi connectivity index (χ0n) is 9.59. The Morgan fingerprint density at radius 1 is 1.62 bits per heavy atom. The summed E-state index contributed by atoms with van der Waals surface area (Å²) in [7, 11) is 3.37. The third-order valence-corrected chi connectivity index (χ3v) is 2.73. The molecule has 0 N–H and O–H groups in total. The molecule has 0 bridgehead atoms. The lowest BCUT2D eigenvalue weighted by atomic mass is 9.95. The number of carbonyl (C=O) groups is 2. The maximum Gasteiger partial charge on any atom is 0.223 e. The van der Waals surface area contributed by atoms with Crippen LogP contribution in [0.25, 0.3) is 0 Å². The molecule has 1 fully saturated rings. The molecule has 4 heteroatoms. The smallest absolute Gasteiger partial charge is 0.223 e. The highest BCUT2D eigenvalue weighted by Crippen LogP contribution is 2.27. The van der Waals surface area contributed by atoms with Crippen LogP contribution in [0.4, 0.5) is 0 Å². The van der Waals surface area contributed by atoms with Crippen molar-refractivity contribution in [3.8, 4) is 0 Å². The molecule has 86 valence electrons. The second-order valence-electron chi connectivity index (χ2n) is 3.79. The monoisotopic (exact) mass is 220 g/mol. The number of amides is 1. The molecule has 0 radical (unpaired) electrons. The minimum Gasteiger partial charge on any atom is -0.338 e. The molecule has 16 heavy (non-hydrogen) atoms. The van der Waals surface area contributed by atoms with E-state index in [9.17, 15) is 9.59 Å². The van der Waals surface area contributed by atoms with Gasteiger partial charge < -0.3 is 9.69 Å². The first-order valence-corrected chi connectivity index (χ1v) is 5.10. The fourth-order valence-electron chi connectivity index (χ4n) is 1.90. The maximum absolute atomic E-state index is 11.5. The van der Waals surface area contributed by atoms with Crippen LogP contribution in [0.5, 0.6) is 0 Å². The molecule has 1 aliphatic rings. The summed E-state index contributed by atoms with van der Waals surface area (Å²) in [5.41, 5.74) is 0.755. The van der Waals surface area contributed by atoms with E-state index >= 15 is 0 Å². The van der Waals surface area contributed by atoms with E-state index in [1.165, 1.54) is 0 Å². The van der Waals surface area contributed by atoms with Crippen LogP contribution in [-0.4, -0.2) is 43.4 Å². The Labute approximate surface area is 95.3 Å². The molecular formula is C12H16N2O2. The van der Waals surface area contributed by atoms with Crippen molar-refractivity contribution in [1.82, 2.24) is 4.90 Å². The van der Waals surface area contributed by atoms with Crippen LogP contribution in [0.2, 0.25) is 0 Å². The van der Waals surface area contributed by atoms with Crippen molar-refractivity contribution >= 4 is 18.4 Å². The highest BCUT2D eigenvalue weighted by atomic mass is 16.2. The Hall–Kier alpha value is -1.71. The van der Waals surface area contributed by atoms with Gasteiger partial charge in [-0.05, 0) is 11.6 Å². The van der Waals surface area contributed by atoms with E-state index in [4.69, 9.17) is 0 Å². The molecule has 0 spiro atoms. The van der Waals surface area contributed by atoms with E-state index in [1.54, 1.807) is 37.4 Å². The van der Waals surface area contributed by atoms with Gasteiger partial charge in [0.25, 0.3) is 0 Å². The first-order chi connectivity index (χ1) is 7.61. The number of allylic oxidation sites excluding steroid dienone is 1. The molecule has 1 heterocycles. The van der Waals surface area contributed by atoms with E-state index in [2.05, 4.69) is 11.6 Å². The van der Waals surface area contributed by atoms with E-state index in [0.717, 1.165) is 11.9 Å². The predicted molar refractivity (Wildman–Crippen MR) is 63.4 cm³/mol. The number of carbonyl (C=O) groups excluding carboxylic acids is 2. The minimum absolute atomic E-state index is 0.0131. The van der Waals surface area contributed by atoms with Crippen LogP contribution < -0.4 is 0 Å². The third kappa shape index (κ3) is 2.45. The van der Waals surface area contributed by atoms with Gasteiger partial charge in [0.05, 0.1) is 6.04 Å². The average molecular weight is 220 g/mol. The molecule has 1 aliphatic heterocycles. The van der Waals surface area contributed by atoms with E-state index in [-0.39, 0.29) is 24.3 Å². The zero-order chi connectivity index (χ0) is 12.1. The maximum atomic E-state index is 11.5. The average Bonchev–Trinajstić information content (AvgIpc) is 2.55. The Morgan fingerprint density at radius 2 is 2.31 bits per heavy atom. The largest absolute Gasteiger partial charge is 0.338 e. The SMILES string of the molecule is C=C(/C=C\C=N/C)[C@@H]1[C@@H](C=O)CC(=O)N1C. The minimum atomic E-state index is -0.284. The standard InChI is InChI=1S/C12H16N2O2/c1-9(5-4-6-13-2)12-10(8-15)7-11(16)14(12)3/h4-6,8,10,12H,1,7H2,2-3H3/b5-4-,13-6-/t10-,12-/m1/s1. The number of likely N-dealkylation sites (N-methyl/N-ethyl adjacent to an activating group) is 1. The number of hydrogen-bond donors (Lipinski definition) is 0. The summed E-state index contributed by atoms with van der Waals surface area (Å²) in [4.78, 5) is 27.7. The van der Waals surface area contributed by atoms with Gasteiger partial charge in [-0.1, -0.05) is 12.7 Å². The van der Waals surface area contributed by atoms with Crippen molar-refractivity contribution in [2.45, 2.75) is 12.5 Å². The number of hydrogen-bond acceptors (Lipinski definition) is 3. The molecule has 0 aromatic heterocycles. The fraction of sp³-hybridized carbons (Fsp3) is 0.417. The van der Waals surface area contributed by atoms with Crippen molar-refractivity contribution in [3.05, 3.63) is 24.3 Å². The van der Waals surface area contributed by atoms with E-state index in [0.29, 0.717) is 0 Å². The number of aliphatic imine (C=N–C) groups is 1. The number of aldehydes is 1. The van der Waals surface area contributed by atoms with Crippen LogP contribution in [0, 0.1) is 5.92 Å². The first kappa shape index (κ1) is 12.4. The van der Waals surface area contributed by atoms with Crippen molar-refractivity contribution in [3.63, 3.8) is 0 Å². The van der Waals surface area contributed by atoms with Crippen molar-refractivity contribution in [2.75, 3.05) is 14.1 Å². The van der Waals surface area contributed by atoms with Gasteiger partial charge in [0, 0.05) is 32.6 Å². The van der Waals surface area contributed by atoms with Gasteiger partial charge in [0.1, 0.15) is 6.29 Å². The fourth-order valence-corrected chi connectivity index (χ4v) is 1.90. The van der Waals surface area contributed by atoms with Gasteiger partial charge >= 0.3 is 0 Å². The van der Waals surface area contributed by atoms with E-state index in [1.807, 2.05) is 0 Å². The highest BCUT2D eigenvalue weighted by molar-refractivity contribution is 5.84. The van der Waals surface area contributed by atoms with Crippen LogP contribution >= 0.6 is 0 Å². The Bertz CT molecular complexity index is 358. The molecule has 4 nitrogen and oxygen atoms in total. The molecule has 0 saturated carbocycles. The number of nitrogens with zero attached hydrogens (tertiary/aromatic N) is 2. The topological polar surface area (TPSA) is 49.7 Å². The normalized spacial score (nSPS) is 25.9. The molecule has 0 aromatic carbocycles. The summed E-state index contributed by atoms with van der Waals surface area (Å²) >= 11 is 0. The molecule has 2 atom stereocenters. The van der Waals surface area contributed by atoms with Crippen LogP contribution in [-0.2, 0) is 9.59 Å². The predicted octanol–water partition coefficient (Wildman–Crippen LogP) is 0.845. The molecule has 1 amide bonds. The molecule has 1 saturated heterocycles. The number of rotatable bonds is 4. The molecule has 0 unspecified atom stereocenters. The Morgan fingerprint density at radius 3 is 2.88 bits per heavy atom. The summed E-state index contributed by atoms with van der Waals surface area (Å²) in [6.07, 6.45) is 6.28. The first-order valence-electron chi connectivity index (χ1n) is 5.10. The van der Waals surface area contributed by atoms with Gasteiger partial charge in [-0.25, -0.2) is 0 Å². The van der Waals surface area contributed by atoms with Gasteiger partial charge in [-0.15, -0.1) is 0 Å². The second-order valence-corrected chi connectivity index (χ2v) is 3.79. The molecule has 0 aliphatic carbocycles. The summed E-state index contributed by atoms with van der Waals surface area (Å²) in [6.45, 7) is 3.89. The van der Waals surface area contributed by atoms with Gasteiger partial charge in [0.15, 0.2) is 0 Å². The summed E-state index contributed by atoms with van der Waals surface area (Å²) < 4.78 is 0. The van der Waals surface area contributed by atoms with Crippen LogP contribution in [0.1, 0.15) is 6.42 Å². The lowest BCUT2D eigenvalue weighted by Gasteiger charge is -2.22. The molecular weight excluding hydrogens is 204 g/mol. The highest BCUT2D eigenvalue weighted by Gasteiger charge is 2.37. The molecule has 1 rings (SSSR count). The number of likely N-dealkylation sites (tertiary alicyclic amines) is 1. The lowest BCUT2D eigenvalue weighted by molar-refractivity contribution is -0.127. The summed E-state index contributed by atoms with van der Waals surface area (Å²) in [6, 6.07) is -0.216. The Balaban J connectivity index is 2.80.